The number of ether oxygens (including phenoxy) is 1. The molecule has 142 valence electrons. The van der Waals surface area contributed by atoms with E-state index in [0.29, 0.717) is 5.69 Å². The lowest BCUT2D eigenvalue weighted by atomic mass is 10.2. The van der Waals surface area contributed by atoms with E-state index >= 15 is 0 Å². The molecule has 0 aliphatic carbocycles. The Morgan fingerprint density at radius 1 is 1.22 bits per heavy atom. The van der Waals surface area contributed by atoms with E-state index in [4.69, 9.17) is 4.74 Å². The topological polar surface area (TPSA) is 105 Å². The average Bonchev–Trinajstić information content (AvgIpc) is 2.62. The molecule has 0 spiro atoms. The van der Waals surface area contributed by atoms with Gasteiger partial charge >= 0.3 is 5.97 Å². The zero-order valence-corrected chi connectivity index (χ0v) is 15.7. The molecule has 2 aliphatic heterocycles. The van der Waals surface area contributed by atoms with Crippen molar-refractivity contribution in [3.05, 3.63) is 53.8 Å². The Morgan fingerprint density at radius 2 is 1.93 bits per heavy atom. The molecule has 0 bridgehead atoms. The van der Waals surface area contributed by atoms with Crippen molar-refractivity contribution in [1.82, 2.24) is 4.90 Å². The van der Waals surface area contributed by atoms with Crippen LogP contribution < -0.4 is 5.32 Å². The number of carbonyl (C=O) groups excluding carboxylic acids is 2. The quantitative estimate of drug-likeness (QED) is 0.780. The van der Waals surface area contributed by atoms with Gasteiger partial charge in [-0.05, 0) is 38.1 Å². The molecule has 3 rings (SSSR count). The number of nitrogens with zero attached hydrogens (tertiary/aromatic N) is 2. The lowest BCUT2D eigenvalue weighted by Crippen LogP contribution is -2.37. The molecule has 2 aliphatic rings. The van der Waals surface area contributed by atoms with Crippen LogP contribution in [0.1, 0.15) is 12.5 Å². The van der Waals surface area contributed by atoms with Crippen LogP contribution in [0, 0.1) is 6.92 Å². The van der Waals surface area contributed by atoms with Crippen molar-refractivity contribution >= 4 is 33.4 Å². The van der Waals surface area contributed by atoms with E-state index in [1.54, 1.807) is 17.0 Å². The molecule has 27 heavy (non-hydrogen) atoms. The molecule has 0 fully saturated rings. The Hall–Kier alpha value is -2.94. The lowest BCUT2D eigenvalue weighted by molar-refractivity contribution is -0.149. The Morgan fingerprint density at radius 3 is 2.63 bits per heavy atom. The molecule has 0 radical (unpaired) electrons. The maximum atomic E-state index is 12.3. The molecule has 8 nitrogen and oxygen atoms in total. The summed E-state index contributed by atoms with van der Waals surface area (Å²) in [5.41, 5.74) is 1.89. The zero-order valence-electron chi connectivity index (χ0n) is 14.9. The van der Waals surface area contributed by atoms with E-state index in [-0.39, 0.29) is 23.7 Å². The monoisotopic (exact) mass is 389 g/mol. The molecule has 1 N–H and O–H groups in total. The van der Waals surface area contributed by atoms with Gasteiger partial charge < -0.3 is 15.0 Å². The van der Waals surface area contributed by atoms with Gasteiger partial charge in [-0.1, -0.05) is 17.7 Å². The van der Waals surface area contributed by atoms with Gasteiger partial charge in [0, 0.05) is 18.4 Å². The van der Waals surface area contributed by atoms with Gasteiger partial charge in [0.25, 0.3) is 15.9 Å². The number of fused-ring (bicyclic) bond motifs is 1. The normalized spacial score (nSPS) is 18.7. The number of sulfonamides is 1. The van der Waals surface area contributed by atoms with Gasteiger partial charge in [0.15, 0.2) is 6.10 Å². The Labute approximate surface area is 157 Å². The van der Waals surface area contributed by atoms with E-state index in [1.165, 1.54) is 25.3 Å². The van der Waals surface area contributed by atoms with E-state index in [2.05, 4.69) is 9.71 Å². The third kappa shape index (κ3) is 4.62. The highest BCUT2D eigenvalue weighted by Gasteiger charge is 2.26. The maximum Gasteiger partial charge on any atom is 0.340 e. The van der Waals surface area contributed by atoms with Gasteiger partial charge in [-0.25, -0.2) is 13.2 Å². The molecular formula is C18H19N3O5S. The predicted octanol–water partition coefficient (Wildman–Crippen LogP) is 1.36. The van der Waals surface area contributed by atoms with Crippen LogP contribution in [0.5, 0.6) is 0 Å². The SMILES string of the molecule is Cc1ccc(NC(=O)[C@H](C)OC(=O)C2=CN3CCS(=O)(=O)N=C3C=C2)cc1. The third-order valence-electron chi connectivity index (χ3n) is 4.03. The fraction of sp³-hybridized carbons (Fsp3) is 0.278. The molecule has 9 heteroatoms. The third-order valence-corrected chi connectivity index (χ3v) is 5.20. The highest BCUT2D eigenvalue weighted by Crippen LogP contribution is 2.17. The number of anilines is 1. The number of nitrogens with one attached hydrogen (secondary N) is 1. The summed E-state index contributed by atoms with van der Waals surface area (Å²) in [6, 6.07) is 7.25. The summed E-state index contributed by atoms with van der Waals surface area (Å²) < 4.78 is 31.9. The molecule has 1 amide bonds. The highest BCUT2D eigenvalue weighted by molar-refractivity contribution is 7.90. The predicted molar refractivity (Wildman–Crippen MR) is 101 cm³/mol. The molecule has 0 unspecified atom stereocenters. The van der Waals surface area contributed by atoms with E-state index in [0.717, 1.165) is 5.56 Å². The van der Waals surface area contributed by atoms with E-state index in [1.807, 2.05) is 19.1 Å². The van der Waals surface area contributed by atoms with Crippen LogP contribution in [0.3, 0.4) is 0 Å². The second kappa shape index (κ2) is 7.36. The standard InChI is InChI=1S/C18H19N3O5S/c1-12-3-6-15(7-4-12)19-17(22)13(2)26-18(23)14-5-8-16-20-27(24,25)10-9-21(16)11-14/h3-8,11,13H,9-10H2,1-2H3,(H,19,22)/t13-/m0/s1. The Bertz CT molecular complexity index is 961. The van der Waals surface area contributed by atoms with Gasteiger partial charge in [-0.3, -0.25) is 4.79 Å². The molecular weight excluding hydrogens is 370 g/mol. The van der Waals surface area contributed by atoms with Gasteiger partial charge in [0.1, 0.15) is 5.84 Å². The number of amidine groups is 1. The summed E-state index contributed by atoms with van der Waals surface area (Å²) in [5.74, 6) is -0.995. The van der Waals surface area contributed by atoms with Crippen LogP contribution in [0.25, 0.3) is 0 Å². The fourth-order valence-electron chi connectivity index (χ4n) is 2.48. The average molecular weight is 389 g/mol. The Balaban J connectivity index is 1.62. The van der Waals surface area contributed by atoms with Crippen molar-refractivity contribution in [3.8, 4) is 0 Å². The summed E-state index contributed by atoms with van der Waals surface area (Å²) in [6.45, 7) is 3.62. The number of rotatable bonds is 4. The lowest BCUT2D eigenvalue weighted by Gasteiger charge is -2.27. The fourth-order valence-corrected chi connectivity index (χ4v) is 3.45. The van der Waals surface area contributed by atoms with Crippen LogP contribution in [-0.4, -0.2) is 49.4 Å². The molecule has 0 saturated heterocycles. The van der Waals surface area contributed by atoms with Gasteiger partial charge in [-0.2, -0.15) is 0 Å². The number of hydrogen-bond acceptors (Lipinski definition) is 6. The first-order valence-electron chi connectivity index (χ1n) is 8.31. The second-order valence-corrected chi connectivity index (χ2v) is 8.00. The van der Waals surface area contributed by atoms with Crippen LogP contribution in [0.15, 0.2) is 52.6 Å². The zero-order chi connectivity index (χ0) is 19.6. The summed E-state index contributed by atoms with van der Waals surface area (Å²) in [6.07, 6.45) is 3.33. The van der Waals surface area contributed by atoms with E-state index < -0.39 is 28.0 Å². The largest absolute Gasteiger partial charge is 0.449 e. The number of hydrogen-bond donors (Lipinski definition) is 1. The molecule has 0 aromatic heterocycles. The number of esters is 1. The highest BCUT2D eigenvalue weighted by atomic mass is 32.2. The van der Waals surface area contributed by atoms with Crippen molar-refractivity contribution in [2.75, 3.05) is 17.6 Å². The minimum atomic E-state index is -3.46. The first kappa shape index (κ1) is 18.8. The van der Waals surface area contributed by atoms with Crippen molar-refractivity contribution in [3.63, 3.8) is 0 Å². The van der Waals surface area contributed by atoms with Gasteiger partial charge in [0.2, 0.25) is 0 Å². The van der Waals surface area contributed by atoms with Crippen molar-refractivity contribution in [2.45, 2.75) is 20.0 Å². The van der Waals surface area contributed by atoms with Crippen LogP contribution >= 0.6 is 0 Å². The molecule has 1 aromatic carbocycles. The number of carbonyl (C=O) groups is 2. The molecule has 0 saturated carbocycles. The molecule has 1 atom stereocenters. The minimum absolute atomic E-state index is 0.126. The van der Waals surface area contributed by atoms with Crippen molar-refractivity contribution < 1.29 is 22.7 Å². The van der Waals surface area contributed by atoms with Crippen LogP contribution in [0.4, 0.5) is 5.69 Å². The maximum absolute atomic E-state index is 12.3. The van der Waals surface area contributed by atoms with Crippen molar-refractivity contribution in [1.29, 1.82) is 0 Å². The minimum Gasteiger partial charge on any atom is -0.449 e. The van der Waals surface area contributed by atoms with Crippen LogP contribution in [-0.2, 0) is 24.3 Å². The molecule has 1 aromatic rings. The summed E-state index contributed by atoms with van der Waals surface area (Å²) in [4.78, 5) is 26.1. The summed E-state index contributed by atoms with van der Waals surface area (Å²) in [5, 5.41) is 2.68. The first-order valence-corrected chi connectivity index (χ1v) is 9.92. The van der Waals surface area contributed by atoms with Crippen LogP contribution in [0.2, 0.25) is 0 Å². The van der Waals surface area contributed by atoms with Gasteiger partial charge in [0.05, 0.1) is 11.3 Å². The van der Waals surface area contributed by atoms with Gasteiger partial charge in [-0.15, -0.1) is 4.40 Å². The number of aryl methyl sites for hydroxylation is 1. The molecule has 2 heterocycles. The van der Waals surface area contributed by atoms with Crippen molar-refractivity contribution in [2.24, 2.45) is 4.40 Å². The first-order chi connectivity index (χ1) is 12.7. The number of benzene rings is 1. The number of amides is 1. The van der Waals surface area contributed by atoms with E-state index in [9.17, 15) is 18.0 Å². The second-order valence-electron chi connectivity index (χ2n) is 6.25. The summed E-state index contributed by atoms with van der Waals surface area (Å²) >= 11 is 0. The smallest absolute Gasteiger partial charge is 0.340 e. The summed E-state index contributed by atoms with van der Waals surface area (Å²) in [7, 11) is -3.46. The Kier molecular flexibility index (Phi) is 5.13.